The SMILES string of the molecule is C[C@H](NC(=O)[C@@H](N)CO)C(=O)N[C@H](C(=O)NCC(=O)O)[C@@H](C)O. The van der Waals surface area contributed by atoms with Gasteiger partial charge in [-0.25, -0.2) is 0 Å². The van der Waals surface area contributed by atoms with E-state index in [-0.39, 0.29) is 0 Å². The normalized spacial score (nSPS) is 15.7. The van der Waals surface area contributed by atoms with Gasteiger partial charge in [-0.2, -0.15) is 0 Å². The van der Waals surface area contributed by atoms with Crippen LogP contribution in [0.15, 0.2) is 0 Å². The van der Waals surface area contributed by atoms with Crippen molar-refractivity contribution in [3.63, 3.8) is 0 Å². The number of aliphatic hydroxyl groups is 2. The van der Waals surface area contributed by atoms with Crippen LogP contribution in [-0.4, -0.2) is 76.4 Å². The fraction of sp³-hybridized carbons (Fsp3) is 0.667. The van der Waals surface area contributed by atoms with Crippen LogP contribution in [0.4, 0.5) is 0 Å². The largest absolute Gasteiger partial charge is 0.480 e. The van der Waals surface area contributed by atoms with Gasteiger partial charge in [-0.1, -0.05) is 0 Å². The number of carboxylic acid groups (broad SMARTS) is 1. The summed E-state index contributed by atoms with van der Waals surface area (Å²) in [5.74, 6) is -3.73. The van der Waals surface area contributed by atoms with Crippen LogP contribution in [0.1, 0.15) is 13.8 Å². The Bertz CT molecular complexity index is 455. The van der Waals surface area contributed by atoms with Gasteiger partial charge in [-0.15, -0.1) is 0 Å². The first-order valence-electron chi connectivity index (χ1n) is 6.74. The summed E-state index contributed by atoms with van der Waals surface area (Å²) in [5, 5.41) is 33.2. The minimum Gasteiger partial charge on any atom is -0.480 e. The van der Waals surface area contributed by atoms with E-state index >= 15 is 0 Å². The van der Waals surface area contributed by atoms with Gasteiger partial charge in [0.05, 0.1) is 12.7 Å². The number of nitrogens with two attached hydrogens (primary N) is 1. The molecule has 0 saturated heterocycles. The lowest BCUT2D eigenvalue weighted by Crippen LogP contribution is -2.58. The van der Waals surface area contributed by atoms with Crippen molar-refractivity contribution in [3.05, 3.63) is 0 Å². The number of amides is 3. The lowest BCUT2D eigenvalue weighted by Gasteiger charge is -2.23. The van der Waals surface area contributed by atoms with Gasteiger partial charge >= 0.3 is 5.97 Å². The lowest BCUT2D eigenvalue weighted by atomic mass is 10.1. The summed E-state index contributed by atoms with van der Waals surface area (Å²) in [6.45, 7) is 1.27. The molecule has 4 atom stereocenters. The molecule has 0 fully saturated rings. The Morgan fingerprint density at radius 2 is 1.61 bits per heavy atom. The van der Waals surface area contributed by atoms with Gasteiger partial charge in [0.1, 0.15) is 24.7 Å². The van der Waals surface area contributed by atoms with Crippen LogP contribution in [0.5, 0.6) is 0 Å². The first-order chi connectivity index (χ1) is 10.6. The average Bonchev–Trinajstić information content (AvgIpc) is 2.48. The third-order valence-electron chi connectivity index (χ3n) is 2.76. The van der Waals surface area contributed by atoms with E-state index in [0.29, 0.717) is 0 Å². The number of rotatable bonds is 9. The summed E-state index contributed by atoms with van der Waals surface area (Å²) in [7, 11) is 0. The summed E-state index contributed by atoms with van der Waals surface area (Å²) in [4.78, 5) is 45.5. The van der Waals surface area contributed by atoms with Crippen molar-refractivity contribution in [1.82, 2.24) is 16.0 Å². The summed E-state index contributed by atoms with van der Waals surface area (Å²) < 4.78 is 0. The molecule has 0 aliphatic rings. The summed E-state index contributed by atoms with van der Waals surface area (Å²) in [6.07, 6.45) is -1.30. The quantitative estimate of drug-likeness (QED) is 0.221. The Labute approximate surface area is 132 Å². The molecule has 11 nitrogen and oxygen atoms in total. The molecule has 3 amide bonds. The molecule has 0 aromatic rings. The number of carbonyl (C=O) groups excluding carboxylic acids is 3. The van der Waals surface area contributed by atoms with Crippen molar-refractivity contribution in [2.45, 2.75) is 38.1 Å². The van der Waals surface area contributed by atoms with Crippen molar-refractivity contribution < 1.29 is 34.5 Å². The number of aliphatic hydroxyl groups excluding tert-OH is 2. The number of aliphatic carboxylic acids is 1. The number of carbonyl (C=O) groups is 4. The number of hydrogen-bond donors (Lipinski definition) is 7. The fourth-order valence-electron chi connectivity index (χ4n) is 1.43. The molecular formula is C12H22N4O7. The minimum absolute atomic E-state index is 0.603. The minimum atomic E-state index is -1.40. The second kappa shape index (κ2) is 9.71. The Morgan fingerprint density at radius 3 is 2.04 bits per heavy atom. The molecule has 0 aromatic carbocycles. The van der Waals surface area contributed by atoms with Crippen LogP contribution in [-0.2, 0) is 19.2 Å². The Kier molecular flexibility index (Phi) is 8.77. The first-order valence-corrected chi connectivity index (χ1v) is 6.74. The maximum atomic E-state index is 11.9. The highest BCUT2D eigenvalue weighted by Crippen LogP contribution is 1.96. The van der Waals surface area contributed by atoms with Crippen molar-refractivity contribution >= 4 is 23.7 Å². The Balaban J connectivity index is 4.69. The van der Waals surface area contributed by atoms with Crippen molar-refractivity contribution in [2.24, 2.45) is 5.73 Å². The summed E-state index contributed by atoms with van der Waals surface area (Å²) >= 11 is 0. The van der Waals surface area contributed by atoms with Crippen LogP contribution in [0.3, 0.4) is 0 Å². The van der Waals surface area contributed by atoms with E-state index in [1.807, 2.05) is 5.32 Å². The molecule has 0 saturated carbocycles. The zero-order chi connectivity index (χ0) is 18.2. The van der Waals surface area contributed by atoms with Crippen molar-refractivity contribution in [1.29, 1.82) is 0 Å². The smallest absolute Gasteiger partial charge is 0.322 e. The number of carboxylic acids is 1. The monoisotopic (exact) mass is 334 g/mol. The molecule has 0 heterocycles. The van der Waals surface area contributed by atoms with Crippen molar-refractivity contribution in [2.75, 3.05) is 13.2 Å². The van der Waals surface area contributed by atoms with E-state index in [1.165, 1.54) is 13.8 Å². The zero-order valence-electron chi connectivity index (χ0n) is 12.8. The third-order valence-corrected chi connectivity index (χ3v) is 2.76. The molecular weight excluding hydrogens is 312 g/mol. The highest BCUT2D eigenvalue weighted by molar-refractivity contribution is 5.93. The average molecular weight is 334 g/mol. The molecule has 0 unspecified atom stereocenters. The van der Waals surface area contributed by atoms with Gasteiger partial charge in [0.25, 0.3) is 0 Å². The van der Waals surface area contributed by atoms with Gasteiger partial charge < -0.3 is 37.0 Å². The highest BCUT2D eigenvalue weighted by atomic mass is 16.4. The predicted molar refractivity (Wildman–Crippen MR) is 76.9 cm³/mol. The zero-order valence-corrected chi connectivity index (χ0v) is 12.8. The molecule has 132 valence electrons. The van der Waals surface area contributed by atoms with Gasteiger partial charge in [0, 0.05) is 0 Å². The van der Waals surface area contributed by atoms with Gasteiger partial charge in [-0.05, 0) is 13.8 Å². The van der Waals surface area contributed by atoms with Crippen LogP contribution in [0.25, 0.3) is 0 Å². The molecule has 8 N–H and O–H groups in total. The highest BCUT2D eigenvalue weighted by Gasteiger charge is 2.28. The van der Waals surface area contributed by atoms with Gasteiger partial charge in [-0.3, -0.25) is 19.2 Å². The molecule has 0 aliphatic heterocycles. The molecule has 0 bridgehead atoms. The summed E-state index contributed by atoms with van der Waals surface area (Å²) in [6, 6.07) is -3.68. The Hall–Kier alpha value is -2.24. The van der Waals surface area contributed by atoms with Gasteiger partial charge in [0.2, 0.25) is 17.7 Å². The van der Waals surface area contributed by atoms with Crippen LogP contribution in [0.2, 0.25) is 0 Å². The first kappa shape index (κ1) is 20.8. The van der Waals surface area contributed by atoms with E-state index in [1.54, 1.807) is 0 Å². The fourth-order valence-corrected chi connectivity index (χ4v) is 1.43. The second-order valence-corrected chi connectivity index (χ2v) is 4.86. The maximum absolute atomic E-state index is 11.9. The molecule has 0 spiro atoms. The second-order valence-electron chi connectivity index (χ2n) is 4.86. The molecule has 0 radical (unpaired) electrons. The maximum Gasteiger partial charge on any atom is 0.322 e. The molecule has 0 rings (SSSR count). The lowest BCUT2D eigenvalue weighted by molar-refractivity contribution is -0.139. The van der Waals surface area contributed by atoms with Crippen LogP contribution < -0.4 is 21.7 Å². The molecule has 23 heavy (non-hydrogen) atoms. The molecule has 11 heteroatoms. The van der Waals surface area contributed by atoms with E-state index < -0.39 is 61.1 Å². The van der Waals surface area contributed by atoms with E-state index in [0.717, 1.165) is 0 Å². The third kappa shape index (κ3) is 7.54. The van der Waals surface area contributed by atoms with E-state index in [9.17, 15) is 24.3 Å². The number of hydrogen-bond acceptors (Lipinski definition) is 7. The molecule has 0 aromatic heterocycles. The molecule has 0 aliphatic carbocycles. The van der Waals surface area contributed by atoms with E-state index in [2.05, 4.69) is 10.6 Å². The summed E-state index contributed by atoms with van der Waals surface area (Å²) in [5.41, 5.74) is 5.28. The topological polar surface area (TPSA) is 191 Å². The van der Waals surface area contributed by atoms with Crippen LogP contribution in [0, 0.1) is 0 Å². The predicted octanol–water partition coefficient (Wildman–Crippen LogP) is -4.12. The van der Waals surface area contributed by atoms with E-state index in [4.69, 9.17) is 15.9 Å². The van der Waals surface area contributed by atoms with Gasteiger partial charge in [0.15, 0.2) is 0 Å². The Morgan fingerprint density at radius 1 is 1.04 bits per heavy atom. The number of nitrogens with one attached hydrogen (secondary N) is 3. The van der Waals surface area contributed by atoms with Crippen molar-refractivity contribution in [3.8, 4) is 0 Å². The van der Waals surface area contributed by atoms with Crippen LogP contribution >= 0.6 is 0 Å². The standard InChI is InChI=1S/C12H22N4O7/c1-5(15-11(22)7(13)4-17)10(21)16-9(6(2)18)12(23)14-3-8(19)20/h5-7,9,17-18H,3-4,13H2,1-2H3,(H,14,23)(H,15,22)(H,16,21)(H,19,20)/t5-,6+,7-,9-/m0/s1.